The zero-order chi connectivity index (χ0) is 16.8. The second kappa shape index (κ2) is 4.83. The average molecular weight is 331 g/mol. The standard InChI is InChI=1S/C12H8F7NO2/c13-10(14,11(15,16)12(17,18)19)9(21)6-8(20-22-9)7-4-2-1-3-5-7/h1-5,21H,6H2. The highest BCUT2D eigenvalue weighted by molar-refractivity contribution is 6.01. The third kappa shape index (κ3) is 2.31. The van der Waals surface area contributed by atoms with Crippen molar-refractivity contribution < 1.29 is 40.7 Å². The first-order valence-corrected chi connectivity index (χ1v) is 5.77. The highest BCUT2D eigenvalue weighted by Crippen LogP contribution is 2.53. The Morgan fingerprint density at radius 2 is 1.55 bits per heavy atom. The lowest BCUT2D eigenvalue weighted by Crippen LogP contribution is -2.64. The second-order valence-corrected chi connectivity index (χ2v) is 4.60. The van der Waals surface area contributed by atoms with Gasteiger partial charge in [-0.2, -0.15) is 30.7 Å². The number of oxime groups is 1. The van der Waals surface area contributed by atoms with Crippen molar-refractivity contribution in [2.45, 2.75) is 30.2 Å². The van der Waals surface area contributed by atoms with Crippen LogP contribution < -0.4 is 0 Å². The maximum atomic E-state index is 13.6. The predicted octanol–water partition coefficient (Wildman–Crippen LogP) is 3.33. The molecule has 0 aliphatic carbocycles. The van der Waals surface area contributed by atoms with Crippen molar-refractivity contribution >= 4 is 5.71 Å². The molecular weight excluding hydrogens is 323 g/mol. The van der Waals surface area contributed by atoms with Crippen LogP contribution in [0.15, 0.2) is 35.5 Å². The van der Waals surface area contributed by atoms with Crippen molar-refractivity contribution in [3.05, 3.63) is 35.9 Å². The van der Waals surface area contributed by atoms with Gasteiger partial charge in [-0.15, -0.1) is 0 Å². The summed E-state index contributed by atoms with van der Waals surface area (Å²) in [6.07, 6.45) is -7.89. The van der Waals surface area contributed by atoms with Gasteiger partial charge in [0.15, 0.2) is 0 Å². The molecule has 0 saturated heterocycles. The number of aliphatic hydroxyl groups is 1. The van der Waals surface area contributed by atoms with Crippen molar-refractivity contribution in [3.8, 4) is 0 Å². The van der Waals surface area contributed by atoms with Crippen LogP contribution in [0, 0.1) is 0 Å². The number of benzene rings is 1. The molecule has 0 fully saturated rings. The van der Waals surface area contributed by atoms with Crippen LogP contribution in [0.1, 0.15) is 12.0 Å². The van der Waals surface area contributed by atoms with E-state index in [4.69, 9.17) is 0 Å². The average Bonchev–Trinajstić information content (AvgIpc) is 2.83. The van der Waals surface area contributed by atoms with E-state index in [2.05, 4.69) is 9.99 Å². The van der Waals surface area contributed by atoms with Crippen LogP contribution in [-0.4, -0.2) is 34.6 Å². The lowest BCUT2D eigenvalue weighted by Gasteiger charge is -2.35. The highest BCUT2D eigenvalue weighted by atomic mass is 19.4. The largest absolute Gasteiger partial charge is 0.460 e. The molecule has 0 spiro atoms. The predicted molar refractivity (Wildman–Crippen MR) is 59.6 cm³/mol. The van der Waals surface area contributed by atoms with Crippen molar-refractivity contribution in [1.29, 1.82) is 0 Å². The molecule has 3 nitrogen and oxygen atoms in total. The number of alkyl halides is 7. The van der Waals surface area contributed by atoms with Crippen LogP contribution in [0.3, 0.4) is 0 Å². The van der Waals surface area contributed by atoms with Gasteiger partial charge in [-0.3, -0.25) is 0 Å². The van der Waals surface area contributed by atoms with Crippen molar-refractivity contribution in [2.75, 3.05) is 0 Å². The van der Waals surface area contributed by atoms with E-state index in [9.17, 15) is 35.8 Å². The maximum Gasteiger partial charge on any atom is 0.460 e. The van der Waals surface area contributed by atoms with Gasteiger partial charge in [-0.1, -0.05) is 35.5 Å². The summed E-state index contributed by atoms with van der Waals surface area (Å²) in [4.78, 5) is 3.87. The van der Waals surface area contributed by atoms with Gasteiger partial charge in [-0.05, 0) is 5.56 Å². The molecule has 10 heteroatoms. The molecule has 0 bridgehead atoms. The number of rotatable bonds is 3. The van der Waals surface area contributed by atoms with Crippen molar-refractivity contribution in [3.63, 3.8) is 0 Å². The summed E-state index contributed by atoms with van der Waals surface area (Å²) in [5.41, 5.74) is -0.231. The van der Waals surface area contributed by atoms with Crippen molar-refractivity contribution in [1.82, 2.24) is 0 Å². The molecule has 1 unspecified atom stereocenters. The molecular formula is C12H8F7NO2. The van der Waals surface area contributed by atoms with E-state index in [1.54, 1.807) is 6.07 Å². The Morgan fingerprint density at radius 3 is 2.05 bits per heavy atom. The molecule has 1 aromatic carbocycles. The molecule has 0 aromatic heterocycles. The minimum atomic E-state index is -6.56. The first-order chi connectivity index (χ1) is 9.92. The van der Waals surface area contributed by atoms with E-state index in [1.807, 2.05) is 0 Å². The Labute approximate surface area is 119 Å². The first kappa shape index (κ1) is 16.5. The van der Waals surface area contributed by atoms with Crippen LogP contribution in [0.25, 0.3) is 0 Å². The van der Waals surface area contributed by atoms with Gasteiger partial charge in [0.1, 0.15) is 0 Å². The van der Waals surface area contributed by atoms with Crippen LogP contribution in [-0.2, 0) is 4.84 Å². The van der Waals surface area contributed by atoms with Gasteiger partial charge >= 0.3 is 23.8 Å². The van der Waals surface area contributed by atoms with Gasteiger partial charge in [0, 0.05) is 0 Å². The fourth-order valence-electron chi connectivity index (χ4n) is 1.80. The Hall–Kier alpha value is -1.84. The normalized spacial score (nSPS) is 23.2. The molecule has 22 heavy (non-hydrogen) atoms. The van der Waals surface area contributed by atoms with Gasteiger partial charge in [0.2, 0.25) is 0 Å². The number of nitrogens with zero attached hydrogens (tertiary/aromatic N) is 1. The zero-order valence-electron chi connectivity index (χ0n) is 10.5. The van der Waals surface area contributed by atoms with Crippen LogP contribution in [0.5, 0.6) is 0 Å². The Bertz CT molecular complexity index is 585. The van der Waals surface area contributed by atoms with E-state index in [-0.39, 0.29) is 11.3 Å². The fourth-order valence-corrected chi connectivity index (χ4v) is 1.80. The second-order valence-electron chi connectivity index (χ2n) is 4.60. The quantitative estimate of drug-likeness (QED) is 0.863. The molecule has 0 saturated carbocycles. The van der Waals surface area contributed by atoms with E-state index in [0.717, 1.165) is 0 Å². The highest BCUT2D eigenvalue weighted by Gasteiger charge is 2.82. The smallest absolute Gasteiger partial charge is 0.353 e. The summed E-state index contributed by atoms with van der Waals surface area (Å²) in [6.45, 7) is 0. The molecule has 2 rings (SSSR count). The van der Waals surface area contributed by atoms with Gasteiger partial charge in [0.05, 0.1) is 12.1 Å². The molecule has 122 valence electrons. The number of hydrogen-bond acceptors (Lipinski definition) is 3. The van der Waals surface area contributed by atoms with Gasteiger partial charge in [-0.25, -0.2) is 0 Å². The number of halogens is 7. The molecule has 1 N–H and O–H groups in total. The Morgan fingerprint density at radius 1 is 1.00 bits per heavy atom. The Kier molecular flexibility index (Phi) is 3.63. The van der Waals surface area contributed by atoms with E-state index in [0.29, 0.717) is 0 Å². The summed E-state index contributed by atoms with van der Waals surface area (Å²) in [5, 5.41) is 12.5. The van der Waals surface area contributed by atoms with Gasteiger partial charge < -0.3 is 9.94 Å². The van der Waals surface area contributed by atoms with E-state index in [1.165, 1.54) is 24.3 Å². The SMILES string of the molecule is OC1(C(F)(F)C(F)(F)C(F)(F)F)CC(c2ccccc2)=NO1. The third-order valence-electron chi connectivity index (χ3n) is 3.06. The minimum Gasteiger partial charge on any atom is -0.353 e. The fraction of sp³-hybridized carbons (Fsp3) is 0.417. The summed E-state index contributed by atoms with van der Waals surface area (Å²) in [5.74, 6) is -16.5. The van der Waals surface area contributed by atoms with Crippen molar-refractivity contribution in [2.24, 2.45) is 5.16 Å². The summed E-state index contributed by atoms with van der Waals surface area (Å²) >= 11 is 0. The zero-order valence-corrected chi connectivity index (χ0v) is 10.5. The molecule has 1 aromatic rings. The van der Waals surface area contributed by atoms with Crippen LogP contribution in [0.2, 0.25) is 0 Å². The molecule has 0 radical (unpaired) electrons. The maximum absolute atomic E-state index is 13.6. The summed E-state index contributed by atoms with van der Waals surface area (Å²) in [6, 6.07) is 7.15. The van der Waals surface area contributed by atoms with Gasteiger partial charge in [0.25, 0.3) is 0 Å². The third-order valence-corrected chi connectivity index (χ3v) is 3.06. The minimum absolute atomic E-state index is 0.143. The molecule has 1 atom stereocenters. The van der Waals surface area contributed by atoms with E-state index >= 15 is 0 Å². The monoisotopic (exact) mass is 331 g/mol. The lowest BCUT2D eigenvalue weighted by molar-refractivity contribution is -0.424. The number of hydrogen-bond donors (Lipinski definition) is 1. The summed E-state index contributed by atoms with van der Waals surface area (Å²) < 4.78 is 89.5. The lowest BCUT2D eigenvalue weighted by atomic mass is 9.94. The molecule has 0 amide bonds. The van der Waals surface area contributed by atoms with Crippen LogP contribution in [0.4, 0.5) is 30.7 Å². The van der Waals surface area contributed by atoms with E-state index < -0.39 is 30.2 Å². The molecule has 1 aliphatic heterocycles. The molecule has 1 aliphatic rings. The molecule has 1 heterocycles. The van der Waals surface area contributed by atoms with Crippen LogP contribution >= 0.6 is 0 Å². The topological polar surface area (TPSA) is 41.8 Å². The summed E-state index contributed by atoms with van der Waals surface area (Å²) in [7, 11) is 0. The first-order valence-electron chi connectivity index (χ1n) is 5.77. The Balaban J connectivity index is 2.31.